The van der Waals surface area contributed by atoms with Gasteiger partial charge in [0.2, 0.25) is 0 Å². The monoisotopic (exact) mass is 258 g/mol. The van der Waals surface area contributed by atoms with Crippen molar-refractivity contribution >= 4 is 0 Å². The van der Waals surface area contributed by atoms with E-state index in [0.29, 0.717) is 0 Å². The van der Waals surface area contributed by atoms with Crippen LogP contribution in [-0.4, -0.2) is 28.4 Å². The van der Waals surface area contributed by atoms with Gasteiger partial charge in [-0.05, 0) is 36.2 Å². The summed E-state index contributed by atoms with van der Waals surface area (Å²) in [5, 5.41) is 7.68. The van der Waals surface area contributed by atoms with Crippen molar-refractivity contribution in [2.75, 3.05) is 13.7 Å². The van der Waals surface area contributed by atoms with Gasteiger partial charge in [0.1, 0.15) is 17.9 Å². The first kappa shape index (κ1) is 12.2. The molecule has 1 aliphatic heterocycles. The van der Waals surface area contributed by atoms with Gasteiger partial charge >= 0.3 is 0 Å². The minimum atomic E-state index is 0.279. The molecule has 1 aromatic carbocycles. The third-order valence-electron chi connectivity index (χ3n) is 3.71. The summed E-state index contributed by atoms with van der Waals surface area (Å²) >= 11 is 0. The second-order valence-electron chi connectivity index (χ2n) is 4.83. The molecule has 2 aromatic rings. The molecule has 0 spiro atoms. The number of aromatic nitrogens is 3. The first-order valence-corrected chi connectivity index (χ1v) is 6.51. The Kier molecular flexibility index (Phi) is 3.21. The van der Waals surface area contributed by atoms with E-state index >= 15 is 0 Å². The largest absolute Gasteiger partial charge is 0.497 e. The Hall–Kier alpha value is -1.88. The van der Waals surface area contributed by atoms with Crippen LogP contribution in [-0.2, 0) is 19.9 Å². The van der Waals surface area contributed by atoms with E-state index < -0.39 is 0 Å². The molecule has 1 unspecified atom stereocenters. The van der Waals surface area contributed by atoms with Gasteiger partial charge in [-0.1, -0.05) is 6.07 Å². The van der Waals surface area contributed by atoms with Crippen LogP contribution >= 0.6 is 0 Å². The molecular weight excluding hydrogens is 240 g/mol. The first-order chi connectivity index (χ1) is 9.28. The molecule has 1 atom stereocenters. The van der Waals surface area contributed by atoms with Gasteiger partial charge in [0, 0.05) is 19.5 Å². The molecule has 5 nitrogen and oxygen atoms in total. The van der Waals surface area contributed by atoms with Gasteiger partial charge in [-0.2, -0.15) is 5.10 Å². The normalized spacial score (nSPS) is 18.1. The maximum Gasteiger partial charge on any atom is 0.138 e. The number of methoxy groups -OCH3 is 1. The van der Waals surface area contributed by atoms with E-state index in [0.717, 1.165) is 31.0 Å². The molecule has 100 valence electrons. The van der Waals surface area contributed by atoms with Gasteiger partial charge in [0.15, 0.2) is 0 Å². The number of aryl methyl sites for hydroxylation is 1. The molecular formula is C14H18N4O. The van der Waals surface area contributed by atoms with Crippen LogP contribution in [0.1, 0.15) is 23.0 Å². The van der Waals surface area contributed by atoms with Crippen LogP contribution in [0.2, 0.25) is 0 Å². The Labute approximate surface area is 112 Å². The van der Waals surface area contributed by atoms with Gasteiger partial charge in [-0.3, -0.25) is 4.68 Å². The number of benzene rings is 1. The zero-order chi connectivity index (χ0) is 13.2. The van der Waals surface area contributed by atoms with E-state index in [-0.39, 0.29) is 6.04 Å². The zero-order valence-electron chi connectivity index (χ0n) is 11.3. The Morgan fingerprint density at radius 2 is 2.37 bits per heavy atom. The summed E-state index contributed by atoms with van der Waals surface area (Å²) in [7, 11) is 3.63. The predicted octanol–water partition coefficient (Wildman–Crippen LogP) is 1.25. The summed E-state index contributed by atoms with van der Waals surface area (Å²) in [4.78, 5) is 4.31. The molecule has 1 aromatic heterocycles. The fourth-order valence-electron chi connectivity index (χ4n) is 2.61. The molecule has 0 fully saturated rings. The minimum Gasteiger partial charge on any atom is -0.497 e. The van der Waals surface area contributed by atoms with Crippen LogP contribution in [0.5, 0.6) is 5.75 Å². The highest BCUT2D eigenvalue weighted by molar-refractivity contribution is 5.39. The first-order valence-electron chi connectivity index (χ1n) is 6.51. The van der Waals surface area contributed by atoms with Crippen molar-refractivity contribution < 1.29 is 4.74 Å². The summed E-state index contributed by atoms with van der Waals surface area (Å²) in [5.41, 5.74) is 2.71. The summed E-state index contributed by atoms with van der Waals surface area (Å²) in [6, 6.07) is 6.60. The SMILES string of the molecule is COc1ccc2c(c1)C(Cc1ncnn1C)NCC2. The van der Waals surface area contributed by atoms with Crippen molar-refractivity contribution in [2.45, 2.75) is 18.9 Å². The lowest BCUT2D eigenvalue weighted by atomic mass is 9.92. The smallest absolute Gasteiger partial charge is 0.138 e. The van der Waals surface area contributed by atoms with E-state index in [2.05, 4.69) is 27.5 Å². The summed E-state index contributed by atoms with van der Waals surface area (Å²) < 4.78 is 7.16. The fraction of sp³-hybridized carbons (Fsp3) is 0.429. The predicted molar refractivity (Wildman–Crippen MR) is 72.1 cm³/mol. The molecule has 0 saturated carbocycles. The molecule has 0 aliphatic carbocycles. The van der Waals surface area contributed by atoms with Gasteiger partial charge < -0.3 is 10.1 Å². The third kappa shape index (κ3) is 2.33. The number of fused-ring (bicyclic) bond motifs is 1. The van der Waals surface area contributed by atoms with E-state index in [1.807, 2.05) is 17.8 Å². The fourth-order valence-corrected chi connectivity index (χ4v) is 2.61. The summed E-state index contributed by atoms with van der Waals surface area (Å²) in [6.07, 6.45) is 3.51. The van der Waals surface area contributed by atoms with Crippen LogP contribution in [0, 0.1) is 0 Å². The number of hydrogen-bond acceptors (Lipinski definition) is 4. The number of ether oxygens (including phenoxy) is 1. The van der Waals surface area contributed by atoms with E-state index in [9.17, 15) is 0 Å². The molecule has 0 radical (unpaired) electrons. The Morgan fingerprint density at radius 3 is 3.11 bits per heavy atom. The van der Waals surface area contributed by atoms with Crippen LogP contribution in [0.3, 0.4) is 0 Å². The molecule has 0 saturated heterocycles. The maximum absolute atomic E-state index is 5.33. The van der Waals surface area contributed by atoms with Crippen molar-refractivity contribution in [3.8, 4) is 5.75 Å². The van der Waals surface area contributed by atoms with Crippen molar-refractivity contribution in [1.29, 1.82) is 0 Å². The topological polar surface area (TPSA) is 52.0 Å². The van der Waals surface area contributed by atoms with Crippen molar-refractivity contribution in [3.05, 3.63) is 41.5 Å². The zero-order valence-corrected chi connectivity index (χ0v) is 11.3. The lowest BCUT2D eigenvalue weighted by Crippen LogP contribution is -2.31. The van der Waals surface area contributed by atoms with E-state index in [1.165, 1.54) is 11.1 Å². The lowest BCUT2D eigenvalue weighted by Gasteiger charge is -2.27. The molecule has 0 amide bonds. The van der Waals surface area contributed by atoms with Gasteiger partial charge in [-0.25, -0.2) is 4.98 Å². The molecule has 2 heterocycles. The standard InChI is InChI=1S/C14H18N4O/c1-18-14(16-9-17-18)8-13-12-7-11(19-2)4-3-10(12)5-6-15-13/h3-4,7,9,13,15H,5-6,8H2,1-2H3. The van der Waals surface area contributed by atoms with Gasteiger partial charge in [-0.15, -0.1) is 0 Å². The highest BCUT2D eigenvalue weighted by atomic mass is 16.5. The van der Waals surface area contributed by atoms with Gasteiger partial charge in [0.25, 0.3) is 0 Å². The number of hydrogen-bond donors (Lipinski definition) is 1. The molecule has 0 bridgehead atoms. The summed E-state index contributed by atoms with van der Waals surface area (Å²) in [6.45, 7) is 1.00. The Bertz CT molecular complexity index is 579. The number of nitrogens with zero attached hydrogens (tertiary/aromatic N) is 3. The third-order valence-corrected chi connectivity index (χ3v) is 3.71. The molecule has 1 N–H and O–H groups in total. The maximum atomic E-state index is 5.33. The molecule has 5 heteroatoms. The van der Waals surface area contributed by atoms with Crippen LogP contribution in [0.25, 0.3) is 0 Å². The van der Waals surface area contributed by atoms with Crippen molar-refractivity contribution in [1.82, 2.24) is 20.1 Å². The van der Waals surface area contributed by atoms with Crippen LogP contribution in [0.15, 0.2) is 24.5 Å². The second-order valence-corrected chi connectivity index (χ2v) is 4.83. The Balaban J connectivity index is 1.91. The lowest BCUT2D eigenvalue weighted by molar-refractivity contribution is 0.410. The average molecular weight is 258 g/mol. The number of rotatable bonds is 3. The van der Waals surface area contributed by atoms with Gasteiger partial charge in [0.05, 0.1) is 7.11 Å². The second kappa shape index (κ2) is 5.01. The van der Waals surface area contributed by atoms with Crippen LogP contribution < -0.4 is 10.1 Å². The molecule has 1 aliphatic rings. The highest BCUT2D eigenvalue weighted by Gasteiger charge is 2.22. The van der Waals surface area contributed by atoms with E-state index in [4.69, 9.17) is 4.74 Å². The highest BCUT2D eigenvalue weighted by Crippen LogP contribution is 2.28. The Morgan fingerprint density at radius 1 is 1.47 bits per heavy atom. The average Bonchev–Trinajstić information content (AvgIpc) is 2.84. The molecule has 3 rings (SSSR count). The minimum absolute atomic E-state index is 0.279. The van der Waals surface area contributed by atoms with Crippen molar-refractivity contribution in [2.24, 2.45) is 7.05 Å². The summed E-state index contributed by atoms with van der Waals surface area (Å²) in [5.74, 6) is 1.90. The number of nitrogens with one attached hydrogen (secondary N) is 1. The van der Waals surface area contributed by atoms with E-state index in [1.54, 1.807) is 13.4 Å². The molecule has 19 heavy (non-hydrogen) atoms. The van der Waals surface area contributed by atoms with Crippen LogP contribution in [0.4, 0.5) is 0 Å². The van der Waals surface area contributed by atoms with Crippen molar-refractivity contribution in [3.63, 3.8) is 0 Å². The quantitative estimate of drug-likeness (QED) is 0.900.